The number of amides is 1. The van der Waals surface area contributed by atoms with Gasteiger partial charge in [0.2, 0.25) is 5.91 Å². The van der Waals surface area contributed by atoms with Crippen LogP contribution in [-0.2, 0) is 4.79 Å². The maximum Gasteiger partial charge on any atom is 0.220 e. The molecule has 0 aromatic rings. The van der Waals surface area contributed by atoms with Crippen LogP contribution in [0.4, 0.5) is 0 Å². The van der Waals surface area contributed by atoms with E-state index in [0.717, 1.165) is 38.5 Å². The second kappa shape index (κ2) is 53.0. The van der Waals surface area contributed by atoms with Gasteiger partial charge in [0.15, 0.2) is 0 Å². The van der Waals surface area contributed by atoms with E-state index < -0.39 is 12.1 Å². The lowest BCUT2D eigenvalue weighted by Gasteiger charge is -2.19. The standard InChI is InChI=1S/C57H109NO3/c1-3-5-7-9-11-13-15-17-19-20-21-22-23-24-25-26-27-28-29-30-31-32-33-34-35-36-37-38-39-41-43-45-47-49-51-53-57(61)58-55(54-59)56(60)52-50-48-46-44-42-40-18-16-14-12-10-8-6-4-2/h14,16,42,44,50,52,55-56,59-60H,3-13,15,17-41,43,45-49,51,53-54H2,1-2H3,(H,58,61)/b16-14+,44-42+,52-50+. The number of carbonyl (C=O) groups excluding carboxylic acids is 1. The van der Waals surface area contributed by atoms with E-state index in [4.69, 9.17) is 0 Å². The summed E-state index contributed by atoms with van der Waals surface area (Å²) < 4.78 is 0. The lowest BCUT2D eigenvalue weighted by molar-refractivity contribution is -0.123. The Bertz CT molecular complexity index is 928. The zero-order valence-corrected chi connectivity index (χ0v) is 41.4. The van der Waals surface area contributed by atoms with Crippen molar-refractivity contribution in [3.63, 3.8) is 0 Å². The number of nitrogens with one attached hydrogen (secondary N) is 1. The topological polar surface area (TPSA) is 69.6 Å². The number of aliphatic hydroxyl groups excluding tert-OH is 2. The Hall–Kier alpha value is -1.39. The fraction of sp³-hybridized carbons (Fsp3) is 0.877. The van der Waals surface area contributed by atoms with Crippen LogP contribution in [0.3, 0.4) is 0 Å². The molecule has 3 N–H and O–H groups in total. The first-order valence-corrected chi connectivity index (χ1v) is 27.7. The van der Waals surface area contributed by atoms with Crippen molar-refractivity contribution in [1.82, 2.24) is 5.32 Å². The summed E-state index contributed by atoms with van der Waals surface area (Å²) in [5.41, 5.74) is 0. The van der Waals surface area contributed by atoms with Crippen LogP contribution in [0.2, 0.25) is 0 Å². The van der Waals surface area contributed by atoms with E-state index in [1.54, 1.807) is 6.08 Å². The average molecular weight is 857 g/mol. The highest BCUT2D eigenvalue weighted by molar-refractivity contribution is 5.76. The molecular weight excluding hydrogens is 747 g/mol. The van der Waals surface area contributed by atoms with Gasteiger partial charge in [-0.1, -0.05) is 288 Å². The molecule has 0 rings (SSSR count). The molecule has 0 heterocycles. The van der Waals surface area contributed by atoms with Crippen molar-refractivity contribution in [2.45, 2.75) is 315 Å². The Morgan fingerprint density at radius 3 is 0.951 bits per heavy atom. The van der Waals surface area contributed by atoms with Crippen LogP contribution >= 0.6 is 0 Å². The molecule has 4 heteroatoms. The quantitative estimate of drug-likeness (QED) is 0.0422. The van der Waals surface area contributed by atoms with E-state index in [1.807, 2.05) is 6.08 Å². The first-order valence-electron chi connectivity index (χ1n) is 27.7. The summed E-state index contributed by atoms with van der Waals surface area (Å²) in [7, 11) is 0. The zero-order chi connectivity index (χ0) is 44.2. The molecule has 0 aliphatic heterocycles. The molecule has 360 valence electrons. The highest BCUT2D eigenvalue weighted by atomic mass is 16.3. The Morgan fingerprint density at radius 2 is 0.639 bits per heavy atom. The van der Waals surface area contributed by atoms with Crippen molar-refractivity contribution in [1.29, 1.82) is 0 Å². The number of allylic oxidation sites excluding steroid dienone is 5. The fourth-order valence-electron chi connectivity index (χ4n) is 8.63. The average Bonchev–Trinajstić information content (AvgIpc) is 3.26. The molecule has 2 unspecified atom stereocenters. The van der Waals surface area contributed by atoms with Crippen molar-refractivity contribution >= 4 is 5.91 Å². The normalized spacial score (nSPS) is 13.0. The predicted molar refractivity (Wildman–Crippen MR) is 272 cm³/mol. The van der Waals surface area contributed by atoms with Crippen LogP contribution in [0.1, 0.15) is 303 Å². The lowest BCUT2D eigenvalue weighted by Crippen LogP contribution is -2.45. The van der Waals surface area contributed by atoms with Gasteiger partial charge in [-0.15, -0.1) is 0 Å². The molecule has 2 atom stereocenters. The molecule has 0 saturated carbocycles. The number of hydrogen-bond donors (Lipinski definition) is 3. The van der Waals surface area contributed by atoms with Gasteiger partial charge in [-0.3, -0.25) is 4.79 Å². The van der Waals surface area contributed by atoms with Crippen molar-refractivity contribution in [2.75, 3.05) is 6.61 Å². The minimum Gasteiger partial charge on any atom is -0.394 e. The molecule has 0 aliphatic rings. The summed E-state index contributed by atoms with van der Waals surface area (Å²) in [4.78, 5) is 12.4. The first kappa shape index (κ1) is 59.6. The van der Waals surface area contributed by atoms with Crippen LogP contribution in [0.15, 0.2) is 36.5 Å². The maximum atomic E-state index is 12.4. The summed E-state index contributed by atoms with van der Waals surface area (Å²) >= 11 is 0. The number of aliphatic hydroxyl groups is 2. The molecule has 0 radical (unpaired) electrons. The molecule has 0 aromatic carbocycles. The third-order valence-corrected chi connectivity index (χ3v) is 12.9. The van der Waals surface area contributed by atoms with Crippen LogP contribution in [0, 0.1) is 0 Å². The Kier molecular flexibility index (Phi) is 51.7. The molecule has 0 saturated heterocycles. The van der Waals surface area contributed by atoms with E-state index in [-0.39, 0.29) is 12.5 Å². The maximum absolute atomic E-state index is 12.4. The lowest BCUT2D eigenvalue weighted by atomic mass is 10.0. The number of hydrogen-bond acceptors (Lipinski definition) is 3. The number of unbranched alkanes of at least 4 members (excludes halogenated alkanes) is 40. The van der Waals surface area contributed by atoms with E-state index in [9.17, 15) is 15.0 Å². The third-order valence-electron chi connectivity index (χ3n) is 12.9. The highest BCUT2D eigenvalue weighted by Crippen LogP contribution is 2.18. The Labute approximate surface area is 382 Å². The minimum absolute atomic E-state index is 0.0736. The van der Waals surface area contributed by atoms with Crippen molar-refractivity contribution < 1.29 is 15.0 Å². The van der Waals surface area contributed by atoms with Gasteiger partial charge >= 0.3 is 0 Å². The highest BCUT2D eigenvalue weighted by Gasteiger charge is 2.18. The van der Waals surface area contributed by atoms with Gasteiger partial charge in [-0.25, -0.2) is 0 Å². The summed E-state index contributed by atoms with van der Waals surface area (Å²) in [6, 6.07) is -0.643. The predicted octanol–water partition coefficient (Wildman–Crippen LogP) is 18.1. The van der Waals surface area contributed by atoms with E-state index >= 15 is 0 Å². The summed E-state index contributed by atoms with van der Waals surface area (Å²) in [6.07, 6.45) is 71.8. The van der Waals surface area contributed by atoms with Gasteiger partial charge in [0, 0.05) is 6.42 Å². The van der Waals surface area contributed by atoms with Gasteiger partial charge in [-0.2, -0.15) is 0 Å². The largest absolute Gasteiger partial charge is 0.394 e. The van der Waals surface area contributed by atoms with Gasteiger partial charge in [0.25, 0.3) is 0 Å². The molecule has 0 fully saturated rings. The summed E-state index contributed by atoms with van der Waals surface area (Å²) in [5.74, 6) is -0.0736. The van der Waals surface area contributed by atoms with Gasteiger partial charge in [-0.05, 0) is 44.9 Å². The number of carbonyl (C=O) groups is 1. The number of rotatable bonds is 51. The van der Waals surface area contributed by atoms with Gasteiger partial charge < -0.3 is 15.5 Å². The Morgan fingerprint density at radius 1 is 0.377 bits per heavy atom. The Balaban J connectivity index is 3.40. The summed E-state index contributed by atoms with van der Waals surface area (Å²) in [6.45, 7) is 4.29. The second-order valence-corrected chi connectivity index (χ2v) is 19.0. The summed E-state index contributed by atoms with van der Waals surface area (Å²) in [5, 5.41) is 23.0. The van der Waals surface area contributed by atoms with Gasteiger partial charge in [0.05, 0.1) is 18.8 Å². The molecule has 0 spiro atoms. The molecule has 4 nitrogen and oxygen atoms in total. The van der Waals surface area contributed by atoms with Crippen LogP contribution in [-0.4, -0.2) is 34.9 Å². The van der Waals surface area contributed by atoms with Crippen LogP contribution in [0.25, 0.3) is 0 Å². The van der Waals surface area contributed by atoms with Crippen molar-refractivity contribution in [2.24, 2.45) is 0 Å². The van der Waals surface area contributed by atoms with E-state index in [2.05, 4.69) is 43.5 Å². The first-order chi connectivity index (χ1) is 30.2. The SMILES string of the molecule is CCCCCC/C=C/CC/C=C/CC/C=C/C(O)C(CO)NC(=O)CCCCCCCCCCCCCCCCCCCCCCCCCCCCCCCCCCCCC. The zero-order valence-electron chi connectivity index (χ0n) is 41.4. The molecule has 0 bridgehead atoms. The van der Waals surface area contributed by atoms with Gasteiger partial charge in [0.1, 0.15) is 0 Å². The molecule has 61 heavy (non-hydrogen) atoms. The molecule has 0 aliphatic carbocycles. The van der Waals surface area contributed by atoms with Crippen molar-refractivity contribution in [3.8, 4) is 0 Å². The molecule has 0 aromatic heterocycles. The molecular formula is C57H109NO3. The third kappa shape index (κ3) is 49.5. The van der Waals surface area contributed by atoms with Crippen LogP contribution < -0.4 is 5.32 Å². The van der Waals surface area contributed by atoms with E-state index in [1.165, 1.54) is 244 Å². The molecule has 1 amide bonds. The van der Waals surface area contributed by atoms with Crippen LogP contribution in [0.5, 0.6) is 0 Å². The smallest absolute Gasteiger partial charge is 0.220 e. The second-order valence-electron chi connectivity index (χ2n) is 19.0. The fourth-order valence-corrected chi connectivity index (χ4v) is 8.63. The minimum atomic E-state index is -0.867. The van der Waals surface area contributed by atoms with Crippen molar-refractivity contribution in [3.05, 3.63) is 36.5 Å². The monoisotopic (exact) mass is 856 g/mol. The van der Waals surface area contributed by atoms with E-state index in [0.29, 0.717) is 6.42 Å².